The van der Waals surface area contributed by atoms with Crippen LogP contribution in [-0.4, -0.2) is 39.4 Å². The molecular formula is C19H18N4O2. The topological polar surface area (TPSA) is 71.1 Å². The number of ether oxygens (including phenoxy) is 1. The molecule has 1 N–H and O–H groups in total. The molecule has 1 aromatic carbocycles. The lowest BCUT2D eigenvalue weighted by molar-refractivity contribution is 0.0538. The molecule has 1 atom stereocenters. The second-order valence-electron chi connectivity index (χ2n) is 6.89. The molecule has 0 aliphatic carbocycles. The van der Waals surface area contributed by atoms with Crippen molar-refractivity contribution >= 4 is 22.6 Å². The number of carbonyl (C=O) groups excluding carboxylic acids is 1. The van der Waals surface area contributed by atoms with E-state index >= 15 is 0 Å². The average Bonchev–Trinajstić information content (AvgIpc) is 3.21. The highest BCUT2D eigenvalue weighted by atomic mass is 16.5. The molecule has 2 aliphatic rings. The number of carbonyl (C=O) groups is 1. The average molecular weight is 334 g/mol. The van der Waals surface area contributed by atoms with Gasteiger partial charge >= 0.3 is 0 Å². The number of nitrogens with one attached hydrogen (secondary N) is 1. The number of para-hydroxylation sites is 1. The fourth-order valence-corrected chi connectivity index (χ4v) is 3.97. The van der Waals surface area contributed by atoms with E-state index in [2.05, 4.69) is 19.9 Å². The fourth-order valence-electron chi connectivity index (χ4n) is 3.97. The summed E-state index contributed by atoms with van der Waals surface area (Å²) in [5, 5.41) is 1.00. The minimum Gasteiger partial charge on any atom is -0.484 e. The number of anilines is 1. The number of aromatic amines is 1. The normalized spacial score (nSPS) is 22.4. The predicted octanol–water partition coefficient (Wildman–Crippen LogP) is 2.88. The number of aryl methyl sites for hydroxylation is 1. The minimum atomic E-state index is -0.465. The molecule has 1 saturated heterocycles. The zero-order valence-electron chi connectivity index (χ0n) is 14.0. The van der Waals surface area contributed by atoms with Crippen molar-refractivity contribution < 1.29 is 9.53 Å². The van der Waals surface area contributed by atoms with Crippen LogP contribution in [0.2, 0.25) is 0 Å². The summed E-state index contributed by atoms with van der Waals surface area (Å²) in [5.41, 5.74) is 1.07. The molecule has 0 amide bonds. The predicted molar refractivity (Wildman–Crippen MR) is 94.2 cm³/mol. The SMILES string of the molecule is Cc1nc(N2CCC3(CC(=O)c4ccccc4O3)C2)c2cc[nH]c2n1. The number of ketones is 1. The Labute approximate surface area is 144 Å². The van der Waals surface area contributed by atoms with Gasteiger partial charge in [-0.3, -0.25) is 4.79 Å². The van der Waals surface area contributed by atoms with Gasteiger partial charge in [0.1, 0.15) is 28.6 Å². The Morgan fingerprint density at radius 2 is 2.12 bits per heavy atom. The van der Waals surface area contributed by atoms with Gasteiger partial charge in [-0.05, 0) is 25.1 Å². The van der Waals surface area contributed by atoms with E-state index in [4.69, 9.17) is 4.74 Å². The van der Waals surface area contributed by atoms with Gasteiger partial charge in [0.05, 0.1) is 23.9 Å². The summed E-state index contributed by atoms with van der Waals surface area (Å²) < 4.78 is 6.31. The van der Waals surface area contributed by atoms with Crippen molar-refractivity contribution in [2.75, 3.05) is 18.0 Å². The van der Waals surface area contributed by atoms with E-state index < -0.39 is 5.60 Å². The standard InChI is InChI=1S/C19H18N4O2/c1-12-21-17-14(6-8-20-17)18(22-12)23-9-7-19(11-23)10-15(24)13-4-2-3-5-16(13)25-19/h2-6,8H,7,9-11H2,1H3,(H,20,21,22). The van der Waals surface area contributed by atoms with E-state index in [-0.39, 0.29) is 5.78 Å². The van der Waals surface area contributed by atoms with Crippen LogP contribution in [0.15, 0.2) is 36.5 Å². The Bertz CT molecular complexity index is 996. The van der Waals surface area contributed by atoms with E-state index in [1.54, 1.807) is 0 Å². The Balaban J connectivity index is 1.51. The maximum Gasteiger partial charge on any atom is 0.170 e. The lowest BCUT2D eigenvalue weighted by atomic mass is 9.89. The van der Waals surface area contributed by atoms with Gasteiger partial charge in [-0.25, -0.2) is 9.97 Å². The molecule has 2 aliphatic heterocycles. The number of aromatic nitrogens is 3. The van der Waals surface area contributed by atoms with Gasteiger partial charge in [0.2, 0.25) is 0 Å². The van der Waals surface area contributed by atoms with Crippen LogP contribution >= 0.6 is 0 Å². The van der Waals surface area contributed by atoms with Crippen LogP contribution in [0.25, 0.3) is 11.0 Å². The van der Waals surface area contributed by atoms with Gasteiger partial charge in [-0.2, -0.15) is 0 Å². The van der Waals surface area contributed by atoms with E-state index in [0.29, 0.717) is 24.3 Å². The van der Waals surface area contributed by atoms with Crippen molar-refractivity contribution in [1.29, 1.82) is 0 Å². The summed E-state index contributed by atoms with van der Waals surface area (Å²) in [4.78, 5) is 27.0. The molecular weight excluding hydrogens is 316 g/mol. The summed E-state index contributed by atoms with van der Waals surface area (Å²) >= 11 is 0. The molecule has 3 aromatic rings. The van der Waals surface area contributed by atoms with Crippen molar-refractivity contribution in [2.45, 2.75) is 25.4 Å². The van der Waals surface area contributed by atoms with Gasteiger partial charge < -0.3 is 14.6 Å². The molecule has 2 aromatic heterocycles. The van der Waals surface area contributed by atoms with E-state index in [1.165, 1.54) is 0 Å². The first kappa shape index (κ1) is 14.5. The third-order valence-corrected chi connectivity index (χ3v) is 5.12. The van der Waals surface area contributed by atoms with Crippen molar-refractivity contribution in [3.8, 4) is 5.75 Å². The van der Waals surface area contributed by atoms with Crippen molar-refractivity contribution in [1.82, 2.24) is 15.0 Å². The number of rotatable bonds is 1. The lowest BCUT2D eigenvalue weighted by Gasteiger charge is -2.34. The number of Topliss-reactive ketones (excluding diaryl/α,β-unsaturated/α-hetero) is 1. The second kappa shape index (κ2) is 5.05. The molecule has 1 unspecified atom stereocenters. The Kier molecular flexibility index (Phi) is 2.92. The summed E-state index contributed by atoms with van der Waals surface area (Å²) in [7, 11) is 0. The molecule has 0 saturated carbocycles. The second-order valence-corrected chi connectivity index (χ2v) is 6.89. The highest BCUT2D eigenvalue weighted by molar-refractivity contribution is 6.00. The molecule has 6 nitrogen and oxygen atoms in total. The molecule has 25 heavy (non-hydrogen) atoms. The molecule has 5 rings (SSSR count). The maximum absolute atomic E-state index is 12.6. The smallest absolute Gasteiger partial charge is 0.170 e. The maximum atomic E-state index is 12.6. The number of hydrogen-bond acceptors (Lipinski definition) is 5. The first-order chi connectivity index (χ1) is 12.1. The summed E-state index contributed by atoms with van der Waals surface area (Å²) in [6.07, 6.45) is 3.11. The van der Waals surface area contributed by atoms with Crippen LogP contribution in [0.5, 0.6) is 5.75 Å². The Hall–Kier alpha value is -2.89. The van der Waals surface area contributed by atoms with Crippen LogP contribution in [0.4, 0.5) is 5.82 Å². The largest absolute Gasteiger partial charge is 0.484 e. The summed E-state index contributed by atoms with van der Waals surface area (Å²) in [5.74, 6) is 2.51. The highest BCUT2D eigenvalue weighted by Crippen LogP contribution is 2.40. The highest BCUT2D eigenvalue weighted by Gasteiger charge is 2.46. The molecule has 6 heteroatoms. The zero-order valence-corrected chi connectivity index (χ0v) is 14.0. The first-order valence-electron chi connectivity index (χ1n) is 8.52. The molecule has 4 heterocycles. The number of hydrogen-bond donors (Lipinski definition) is 1. The number of nitrogens with zero attached hydrogens (tertiary/aromatic N) is 3. The van der Waals surface area contributed by atoms with Crippen LogP contribution < -0.4 is 9.64 Å². The lowest BCUT2D eigenvalue weighted by Crippen LogP contribution is -2.44. The van der Waals surface area contributed by atoms with E-state index in [1.807, 2.05) is 43.5 Å². The van der Waals surface area contributed by atoms with Gasteiger partial charge in [-0.1, -0.05) is 12.1 Å². The third kappa shape index (κ3) is 2.21. The van der Waals surface area contributed by atoms with Crippen LogP contribution in [0.3, 0.4) is 0 Å². The van der Waals surface area contributed by atoms with Gasteiger partial charge in [0.15, 0.2) is 5.78 Å². The Morgan fingerprint density at radius 1 is 1.24 bits per heavy atom. The molecule has 1 spiro atoms. The number of benzene rings is 1. The number of fused-ring (bicyclic) bond motifs is 2. The zero-order chi connectivity index (χ0) is 17.0. The Morgan fingerprint density at radius 3 is 3.04 bits per heavy atom. The molecule has 126 valence electrons. The third-order valence-electron chi connectivity index (χ3n) is 5.12. The first-order valence-corrected chi connectivity index (χ1v) is 8.52. The quantitative estimate of drug-likeness (QED) is 0.741. The monoisotopic (exact) mass is 334 g/mol. The van der Waals surface area contributed by atoms with Crippen molar-refractivity contribution in [3.63, 3.8) is 0 Å². The summed E-state index contributed by atoms with van der Waals surface area (Å²) in [6.45, 7) is 3.36. The summed E-state index contributed by atoms with van der Waals surface area (Å²) in [6, 6.07) is 9.52. The number of H-pyrrole nitrogens is 1. The molecule has 0 bridgehead atoms. The van der Waals surface area contributed by atoms with E-state index in [9.17, 15) is 4.79 Å². The van der Waals surface area contributed by atoms with Crippen LogP contribution in [0, 0.1) is 6.92 Å². The van der Waals surface area contributed by atoms with Crippen molar-refractivity contribution in [2.24, 2.45) is 0 Å². The van der Waals surface area contributed by atoms with Crippen LogP contribution in [0.1, 0.15) is 29.0 Å². The minimum absolute atomic E-state index is 0.161. The van der Waals surface area contributed by atoms with Gasteiger partial charge in [-0.15, -0.1) is 0 Å². The molecule has 0 radical (unpaired) electrons. The van der Waals surface area contributed by atoms with Crippen molar-refractivity contribution in [3.05, 3.63) is 47.9 Å². The van der Waals surface area contributed by atoms with Gasteiger partial charge in [0, 0.05) is 19.2 Å². The fraction of sp³-hybridized carbons (Fsp3) is 0.316. The molecule has 1 fully saturated rings. The van der Waals surface area contributed by atoms with E-state index in [0.717, 1.165) is 35.6 Å². The van der Waals surface area contributed by atoms with Gasteiger partial charge in [0.25, 0.3) is 0 Å². The van der Waals surface area contributed by atoms with Crippen LogP contribution in [-0.2, 0) is 0 Å².